The van der Waals surface area contributed by atoms with Gasteiger partial charge in [-0.3, -0.25) is 4.79 Å². The van der Waals surface area contributed by atoms with Crippen molar-refractivity contribution in [1.82, 2.24) is 0 Å². The van der Waals surface area contributed by atoms with Crippen LogP contribution in [0.3, 0.4) is 0 Å². The van der Waals surface area contributed by atoms with Gasteiger partial charge in [0.25, 0.3) is 0 Å². The largest absolute Gasteiger partial charge is 0.489 e. The highest BCUT2D eigenvalue weighted by Gasteiger charge is 2.10. The molecular weight excluding hydrogens is 356 g/mol. The van der Waals surface area contributed by atoms with Gasteiger partial charge >= 0.3 is 5.97 Å². The Kier molecular flexibility index (Phi) is 6.79. The van der Waals surface area contributed by atoms with Crippen molar-refractivity contribution >= 4 is 11.8 Å². The molecule has 5 heteroatoms. The van der Waals surface area contributed by atoms with Crippen LogP contribution in [0.4, 0.5) is 0 Å². The van der Waals surface area contributed by atoms with Crippen LogP contribution in [0, 0.1) is 0 Å². The van der Waals surface area contributed by atoms with Crippen molar-refractivity contribution in [3.05, 3.63) is 96.1 Å². The van der Waals surface area contributed by atoms with Crippen LogP contribution in [0.5, 0.6) is 11.5 Å². The van der Waals surface area contributed by atoms with Crippen LogP contribution >= 0.6 is 0 Å². The lowest BCUT2D eigenvalue weighted by atomic mass is 10.1. The molecule has 0 atom stereocenters. The van der Waals surface area contributed by atoms with E-state index in [2.05, 4.69) is 0 Å². The first-order chi connectivity index (χ1) is 13.7. The lowest BCUT2D eigenvalue weighted by molar-refractivity contribution is -0.144. The molecule has 0 N–H and O–H groups in total. The number of carbonyl (C=O) groups is 2. The third-order valence-corrected chi connectivity index (χ3v) is 3.89. The van der Waals surface area contributed by atoms with Crippen LogP contribution in [-0.4, -0.2) is 25.0 Å². The Hall–Kier alpha value is -3.60. The van der Waals surface area contributed by atoms with Crippen molar-refractivity contribution in [3.8, 4) is 11.5 Å². The first-order valence-electron chi connectivity index (χ1n) is 8.84. The highest BCUT2D eigenvalue weighted by molar-refractivity contribution is 5.97. The SMILES string of the molecule is O=C(COc1ccc(OCc2ccccc2)cc1)OCC(=O)c1ccccc1. The Morgan fingerprint density at radius 2 is 1.21 bits per heavy atom. The quantitative estimate of drug-likeness (QED) is 0.416. The number of ketones is 1. The van der Waals surface area contributed by atoms with E-state index in [1.807, 2.05) is 36.4 Å². The minimum absolute atomic E-state index is 0.256. The second-order valence-electron chi connectivity index (χ2n) is 5.98. The zero-order chi connectivity index (χ0) is 19.6. The van der Waals surface area contributed by atoms with Gasteiger partial charge in [-0.2, -0.15) is 0 Å². The van der Waals surface area contributed by atoms with Gasteiger partial charge in [0.2, 0.25) is 0 Å². The Labute approximate surface area is 163 Å². The van der Waals surface area contributed by atoms with Gasteiger partial charge in [-0.05, 0) is 29.8 Å². The van der Waals surface area contributed by atoms with Gasteiger partial charge in [-0.1, -0.05) is 60.7 Å². The van der Waals surface area contributed by atoms with Crippen LogP contribution in [0.2, 0.25) is 0 Å². The lowest BCUT2D eigenvalue weighted by Crippen LogP contribution is -2.19. The summed E-state index contributed by atoms with van der Waals surface area (Å²) in [5, 5.41) is 0. The summed E-state index contributed by atoms with van der Waals surface area (Å²) in [5.41, 5.74) is 1.58. The average molecular weight is 376 g/mol. The number of Topliss-reactive ketones (excluding diaryl/α,β-unsaturated/α-hetero) is 1. The van der Waals surface area contributed by atoms with Crippen molar-refractivity contribution in [2.45, 2.75) is 6.61 Å². The van der Waals surface area contributed by atoms with Gasteiger partial charge in [0, 0.05) is 5.56 Å². The Bertz CT molecular complexity index is 889. The summed E-state index contributed by atoms with van der Waals surface area (Å²) in [6.07, 6.45) is 0. The third kappa shape index (κ3) is 5.99. The number of ether oxygens (including phenoxy) is 3. The highest BCUT2D eigenvalue weighted by atomic mass is 16.6. The maximum atomic E-state index is 11.9. The topological polar surface area (TPSA) is 61.8 Å². The number of hydrogen-bond acceptors (Lipinski definition) is 5. The summed E-state index contributed by atoms with van der Waals surface area (Å²) in [4.78, 5) is 23.6. The maximum absolute atomic E-state index is 11.9. The predicted molar refractivity (Wildman–Crippen MR) is 104 cm³/mol. The van der Waals surface area contributed by atoms with Crippen molar-refractivity contribution in [2.75, 3.05) is 13.2 Å². The predicted octanol–water partition coefficient (Wildman–Crippen LogP) is 4.07. The summed E-state index contributed by atoms with van der Waals surface area (Å²) in [6, 6.07) is 25.5. The zero-order valence-electron chi connectivity index (χ0n) is 15.2. The van der Waals surface area contributed by atoms with E-state index in [9.17, 15) is 9.59 Å². The summed E-state index contributed by atoms with van der Waals surface area (Å²) >= 11 is 0. The third-order valence-electron chi connectivity index (χ3n) is 3.89. The zero-order valence-corrected chi connectivity index (χ0v) is 15.2. The van der Waals surface area contributed by atoms with E-state index in [0.29, 0.717) is 23.7 Å². The molecule has 0 bridgehead atoms. The Morgan fingerprint density at radius 1 is 0.643 bits per heavy atom. The molecule has 0 aliphatic rings. The minimum atomic E-state index is -0.603. The summed E-state index contributed by atoms with van der Waals surface area (Å²) in [7, 11) is 0. The molecule has 0 unspecified atom stereocenters. The molecule has 28 heavy (non-hydrogen) atoms. The van der Waals surface area contributed by atoms with Crippen LogP contribution < -0.4 is 9.47 Å². The minimum Gasteiger partial charge on any atom is -0.489 e. The molecule has 3 rings (SSSR count). The fraction of sp³-hybridized carbons (Fsp3) is 0.130. The molecule has 5 nitrogen and oxygen atoms in total. The molecule has 142 valence electrons. The summed E-state index contributed by atoms with van der Waals surface area (Å²) < 4.78 is 16.0. The van der Waals surface area contributed by atoms with Gasteiger partial charge in [0.1, 0.15) is 18.1 Å². The van der Waals surface area contributed by atoms with Gasteiger partial charge in [0.15, 0.2) is 19.0 Å². The molecule has 0 saturated carbocycles. The number of carbonyl (C=O) groups excluding carboxylic acids is 2. The molecule has 0 aromatic heterocycles. The fourth-order valence-electron chi connectivity index (χ4n) is 2.41. The van der Waals surface area contributed by atoms with E-state index in [1.54, 1.807) is 48.5 Å². The number of esters is 1. The van der Waals surface area contributed by atoms with Gasteiger partial charge in [-0.15, -0.1) is 0 Å². The molecule has 0 fully saturated rings. The van der Waals surface area contributed by atoms with E-state index in [-0.39, 0.29) is 19.0 Å². The highest BCUT2D eigenvalue weighted by Crippen LogP contribution is 2.18. The monoisotopic (exact) mass is 376 g/mol. The van der Waals surface area contributed by atoms with E-state index >= 15 is 0 Å². The second kappa shape index (κ2) is 9.92. The van der Waals surface area contributed by atoms with E-state index in [0.717, 1.165) is 5.56 Å². The maximum Gasteiger partial charge on any atom is 0.344 e. The first-order valence-corrected chi connectivity index (χ1v) is 8.84. The molecule has 0 aliphatic heterocycles. The fourth-order valence-corrected chi connectivity index (χ4v) is 2.41. The average Bonchev–Trinajstić information content (AvgIpc) is 2.76. The molecule has 0 radical (unpaired) electrons. The Morgan fingerprint density at radius 3 is 1.86 bits per heavy atom. The number of rotatable bonds is 9. The molecule has 3 aromatic rings. The van der Waals surface area contributed by atoms with Crippen LogP contribution in [0.15, 0.2) is 84.9 Å². The van der Waals surface area contributed by atoms with Crippen LogP contribution in [0.1, 0.15) is 15.9 Å². The van der Waals surface area contributed by atoms with Crippen molar-refractivity contribution < 1.29 is 23.8 Å². The number of benzene rings is 3. The molecule has 0 amide bonds. The normalized spacial score (nSPS) is 10.1. The van der Waals surface area contributed by atoms with Gasteiger partial charge in [0.05, 0.1) is 0 Å². The number of hydrogen-bond donors (Lipinski definition) is 0. The van der Waals surface area contributed by atoms with Crippen LogP contribution in [0.25, 0.3) is 0 Å². The molecule has 3 aromatic carbocycles. The summed E-state index contributed by atoms with van der Waals surface area (Å²) in [6.45, 7) is -0.104. The Balaban J connectivity index is 1.39. The second-order valence-corrected chi connectivity index (χ2v) is 5.98. The van der Waals surface area contributed by atoms with E-state index in [1.165, 1.54) is 0 Å². The van der Waals surface area contributed by atoms with Crippen molar-refractivity contribution in [1.29, 1.82) is 0 Å². The van der Waals surface area contributed by atoms with Gasteiger partial charge in [-0.25, -0.2) is 4.79 Å². The lowest BCUT2D eigenvalue weighted by Gasteiger charge is -2.09. The summed E-state index contributed by atoms with van der Waals surface area (Å²) in [5.74, 6) is 0.355. The molecule has 0 heterocycles. The molecule has 0 saturated heterocycles. The molecule has 0 spiro atoms. The molecular formula is C23H20O5. The smallest absolute Gasteiger partial charge is 0.344 e. The van der Waals surface area contributed by atoms with Crippen molar-refractivity contribution in [2.24, 2.45) is 0 Å². The first kappa shape index (κ1) is 19.2. The molecule has 0 aliphatic carbocycles. The van der Waals surface area contributed by atoms with Crippen molar-refractivity contribution in [3.63, 3.8) is 0 Å². The van der Waals surface area contributed by atoms with E-state index < -0.39 is 5.97 Å². The standard InChI is InChI=1S/C23H20O5/c24-22(19-9-5-2-6-10-19)16-28-23(25)17-27-21-13-11-20(12-14-21)26-15-18-7-3-1-4-8-18/h1-14H,15-17H2. The van der Waals surface area contributed by atoms with Gasteiger partial charge < -0.3 is 14.2 Å². The van der Waals surface area contributed by atoms with Crippen LogP contribution in [-0.2, 0) is 16.1 Å². The van der Waals surface area contributed by atoms with E-state index in [4.69, 9.17) is 14.2 Å².